The Hall–Kier alpha value is -6.62. The molecule has 0 amide bonds. The second-order valence-electron chi connectivity index (χ2n) is 12.3. The molecule has 0 aliphatic heterocycles. The number of nitrogens with zero attached hydrogens (tertiary/aromatic N) is 6. The molecule has 0 aliphatic carbocycles. The van der Waals surface area contributed by atoms with Gasteiger partial charge in [0.15, 0.2) is 29.5 Å². The molecule has 4 aromatic rings. The van der Waals surface area contributed by atoms with E-state index in [9.17, 15) is 52.0 Å². The van der Waals surface area contributed by atoms with Crippen molar-refractivity contribution in [1.82, 2.24) is 5.32 Å². The van der Waals surface area contributed by atoms with Crippen LogP contribution in [-0.4, -0.2) is 99.3 Å². The summed E-state index contributed by atoms with van der Waals surface area (Å²) in [5.41, 5.74) is 8.52. The van der Waals surface area contributed by atoms with Crippen LogP contribution in [0.15, 0.2) is 143 Å². The van der Waals surface area contributed by atoms with Crippen LogP contribution in [0.1, 0.15) is 10.4 Å². The van der Waals surface area contributed by atoms with Crippen molar-refractivity contribution in [3.8, 4) is 0 Å². The van der Waals surface area contributed by atoms with Gasteiger partial charge in [0, 0.05) is 12.5 Å². The smallest absolute Gasteiger partial charge is 0.397 e. The van der Waals surface area contributed by atoms with Gasteiger partial charge in [-0.25, -0.2) is 43.7 Å². The first-order valence-electron chi connectivity index (χ1n) is 17.4. The van der Waals surface area contributed by atoms with E-state index in [4.69, 9.17) is 25.8 Å². The zero-order chi connectivity index (χ0) is 49.7. The summed E-state index contributed by atoms with van der Waals surface area (Å²) in [7, 11) is -20.6. The second kappa shape index (κ2) is 22.5. The van der Waals surface area contributed by atoms with Crippen molar-refractivity contribution in [3.05, 3.63) is 103 Å². The Labute approximate surface area is 376 Å². The van der Waals surface area contributed by atoms with Crippen LogP contribution in [0, 0.1) is 0 Å². The number of hydrogen-bond donors (Lipinski definition) is 7. The van der Waals surface area contributed by atoms with E-state index in [-0.39, 0.29) is 32.7 Å². The van der Waals surface area contributed by atoms with Crippen LogP contribution in [0.4, 0.5) is 45.5 Å². The Kier molecular flexibility index (Phi) is 18.3. The van der Waals surface area contributed by atoms with E-state index in [0.29, 0.717) is 0 Å². The van der Waals surface area contributed by atoms with Gasteiger partial charge in [0.1, 0.15) is 22.6 Å². The molecular formula is C34H37N9O18S5. The number of azo groups is 3. The molecule has 66 heavy (non-hydrogen) atoms. The lowest BCUT2D eigenvalue weighted by molar-refractivity contribution is -0.207. The van der Waals surface area contributed by atoms with Gasteiger partial charge in [-0.05, 0) is 67.2 Å². The summed E-state index contributed by atoms with van der Waals surface area (Å²) in [6.45, 7) is 4.60. The average Bonchev–Trinajstić information content (AvgIpc) is 3.24. The summed E-state index contributed by atoms with van der Waals surface area (Å²) in [6, 6.07) is 14.0. The maximum atomic E-state index is 12.8. The Morgan fingerprint density at radius 3 is 1.41 bits per heavy atom. The maximum Gasteiger partial charge on any atom is 0.397 e. The predicted octanol–water partition coefficient (Wildman–Crippen LogP) is 5.07. The fourth-order valence-electron chi connectivity index (χ4n) is 4.65. The molecule has 4 aromatic carbocycles. The molecule has 0 radical (unpaired) electrons. The number of aromatic carboxylic acids is 1. The highest BCUT2D eigenvalue weighted by Gasteiger charge is 2.27. The first kappa shape index (κ1) is 53.7. The summed E-state index contributed by atoms with van der Waals surface area (Å²) >= 11 is 0. The standard InChI is InChI=1S/C31H30N8O16S5.C3H7NO2/c1-2-56(42,43)22-11-9-19(10-12-22)34-37-28-25(31(40)41)29(38-35-20-5-3-7-23(17-20)57(44,45)15-13-54-59(48,49)50)27(33)30(26(28)32)39-36-21-6-4-8-24(18-21)58(46,47)16-14-55-60(51,52)53;1-3(4-2)6-5/h2-12,17-18H,1,13-16,32-33H2,(H,40,41)(H,48,49,50)(H,51,52,53);4-5H,1H2,2H3. The number of sulfone groups is 3. The number of carbonyl (C=O) groups is 1. The highest BCUT2D eigenvalue weighted by Crippen LogP contribution is 2.49. The fraction of sp³-hybridized carbons (Fsp3) is 0.147. The first-order chi connectivity index (χ1) is 30.6. The van der Waals surface area contributed by atoms with Crippen LogP contribution >= 0.6 is 0 Å². The highest BCUT2D eigenvalue weighted by molar-refractivity contribution is 7.94. The van der Waals surface area contributed by atoms with Crippen LogP contribution in [-0.2, 0) is 63.6 Å². The average molecular weight is 1020 g/mol. The third kappa shape index (κ3) is 15.8. The Balaban J connectivity index is 0.00000180. The topological polar surface area (TPSA) is 435 Å². The Bertz CT molecular complexity index is 3140. The lowest BCUT2D eigenvalue weighted by atomic mass is 10.1. The zero-order valence-electron chi connectivity index (χ0n) is 33.6. The number of nitrogens with two attached hydrogens (primary N) is 2. The van der Waals surface area contributed by atoms with Gasteiger partial charge >= 0.3 is 26.8 Å². The molecule has 27 nitrogen and oxygen atoms in total. The Morgan fingerprint density at radius 1 is 0.652 bits per heavy atom. The van der Waals surface area contributed by atoms with Crippen molar-refractivity contribution in [3.63, 3.8) is 0 Å². The van der Waals surface area contributed by atoms with E-state index in [1.54, 1.807) is 7.05 Å². The molecular weight excluding hydrogens is 983 g/mol. The van der Waals surface area contributed by atoms with Crippen LogP contribution in [0.25, 0.3) is 0 Å². The summed E-state index contributed by atoms with van der Waals surface area (Å²) in [6.07, 6.45) is 0. The van der Waals surface area contributed by atoms with Crippen molar-refractivity contribution in [2.75, 3.05) is 43.2 Å². The van der Waals surface area contributed by atoms with Crippen LogP contribution in [0.5, 0.6) is 0 Å². The molecule has 32 heteroatoms. The van der Waals surface area contributed by atoms with Gasteiger partial charge < -0.3 is 26.8 Å². The third-order valence-electron chi connectivity index (χ3n) is 7.80. The van der Waals surface area contributed by atoms with Crippen LogP contribution < -0.4 is 16.8 Å². The van der Waals surface area contributed by atoms with Crippen molar-refractivity contribution in [2.45, 2.75) is 14.7 Å². The first-order valence-corrected chi connectivity index (χ1v) is 25.0. The maximum absolute atomic E-state index is 12.8. The van der Waals surface area contributed by atoms with E-state index >= 15 is 0 Å². The Morgan fingerprint density at radius 2 is 1.06 bits per heavy atom. The third-order valence-corrected chi connectivity index (χ3v) is 13.4. The summed E-state index contributed by atoms with van der Waals surface area (Å²) in [5, 5.41) is 44.9. The van der Waals surface area contributed by atoms with Gasteiger partial charge in [0.05, 0.1) is 67.8 Å². The highest BCUT2D eigenvalue weighted by atomic mass is 32.3. The van der Waals surface area contributed by atoms with E-state index in [1.807, 2.05) is 0 Å². The van der Waals surface area contributed by atoms with Crippen molar-refractivity contribution in [2.24, 2.45) is 30.7 Å². The van der Waals surface area contributed by atoms with E-state index in [2.05, 4.69) is 62.4 Å². The number of hydrogen-bond acceptors (Lipinski definition) is 24. The minimum absolute atomic E-state index is 0.00282. The summed E-state index contributed by atoms with van der Waals surface area (Å²) in [4.78, 5) is 15.4. The number of anilines is 2. The largest absolute Gasteiger partial charge is 0.478 e. The quantitative estimate of drug-likeness (QED) is 0.0143. The lowest BCUT2D eigenvalue weighted by Crippen LogP contribution is -2.15. The normalized spacial score (nSPS) is 12.5. The van der Waals surface area contributed by atoms with Crippen molar-refractivity contribution < 1.29 is 79.6 Å². The molecule has 9 N–H and O–H groups in total. The molecule has 0 atom stereocenters. The van der Waals surface area contributed by atoms with Gasteiger partial charge in [-0.15, -0.1) is 15.3 Å². The summed E-state index contributed by atoms with van der Waals surface area (Å²) in [5.74, 6) is -3.36. The van der Waals surface area contributed by atoms with Crippen LogP contribution in [0.3, 0.4) is 0 Å². The van der Waals surface area contributed by atoms with Gasteiger partial charge in [-0.1, -0.05) is 18.7 Å². The molecule has 356 valence electrons. The lowest BCUT2D eigenvalue weighted by Gasteiger charge is -2.13. The van der Waals surface area contributed by atoms with Gasteiger partial charge in [0.25, 0.3) is 0 Å². The molecule has 0 unspecified atom stereocenters. The number of carboxylic acids is 1. The summed E-state index contributed by atoms with van der Waals surface area (Å²) < 4.78 is 144. The molecule has 0 saturated carbocycles. The number of carboxylic acid groups (broad SMARTS) is 1. The minimum Gasteiger partial charge on any atom is -0.478 e. The molecule has 0 fully saturated rings. The van der Waals surface area contributed by atoms with Gasteiger partial charge in [-0.3, -0.25) is 9.11 Å². The minimum atomic E-state index is -4.94. The van der Waals surface area contributed by atoms with Gasteiger partial charge in [0.2, 0.25) is 5.88 Å². The predicted molar refractivity (Wildman–Crippen MR) is 232 cm³/mol. The molecule has 4 rings (SSSR count). The van der Waals surface area contributed by atoms with E-state index in [0.717, 1.165) is 29.7 Å². The SMILES string of the molecule is C=C(NC)OO.C=CS(=O)(=O)c1ccc(N=Nc2c(N)c(N=Nc3cccc(S(=O)(=O)CCOS(=O)(=O)O)c3)c(N)c(N=Nc3cccc(S(=O)(=O)CCOS(=O)(=O)O)c3)c2C(=O)O)cc1. The molecule has 0 bridgehead atoms. The number of benzene rings is 4. The van der Waals surface area contributed by atoms with Crippen molar-refractivity contribution >= 4 is 102 Å². The van der Waals surface area contributed by atoms with E-state index in [1.165, 1.54) is 48.5 Å². The molecule has 0 spiro atoms. The van der Waals surface area contributed by atoms with E-state index < -0.39 is 120 Å². The number of nitrogen functional groups attached to an aromatic ring is 2. The number of nitrogens with one attached hydrogen (secondary N) is 1. The molecule has 0 aliphatic rings. The molecule has 0 saturated heterocycles. The second-order valence-corrected chi connectivity index (χ2v) is 20.6. The monoisotopic (exact) mass is 1020 g/mol. The number of rotatable bonds is 21. The molecule has 0 heterocycles. The zero-order valence-corrected chi connectivity index (χ0v) is 37.7. The van der Waals surface area contributed by atoms with Crippen molar-refractivity contribution in [1.29, 1.82) is 0 Å². The van der Waals surface area contributed by atoms with Gasteiger partial charge in [-0.2, -0.15) is 32.2 Å². The van der Waals surface area contributed by atoms with Crippen LogP contribution in [0.2, 0.25) is 0 Å². The fourth-order valence-corrected chi connectivity index (χ4v) is 8.40. The molecule has 0 aromatic heterocycles.